The highest BCUT2D eigenvalue weighted by Gasteiger charge is 2.13. The van der Waals surface area contributed by atoms with Crippen molar-refractivity contribution in [1.29, 1.82) is 0 Å². The summed E-state index contributed by atoms with van der Waals surface area (Å²) in [6.45, 7) is 10.2. The number of hydrogen-bond donors (Lipinski definition) is 0. The van der Waals surface area contributed by atoms with Crippen molar-refractivity contribution in [2.45, 2.75) is 162 Å². The molecule has 1 unspecified atom stereocenters. The molecule has 0 aromatic carbocycles. The van der Waals surface area contributed by atoms with Crippen molar-refractivity contribution in [3.63, 3.8) is 0 Å². The van der Waals surface area contributed by atoms with Gasteiger partial charge >= 0.3 is 11.9 Å². The zero-order valence-electron chi connectivity index (χ0n) is 26.7. The van der Waals surface area contributed by atoms with Crippen LogP contribution in [0, 0.1) is 5.92 Å². The Morgan fingerprint density at radius 1 is 0.600 bits per heavy atom. The van der Waals surface area contributed by atoms with E-state index in [4.69, 9.17) is 9.47 Å². The molecule has 0 spiro atoms. The van der Waals surface area contributed by atoms with Gasteiger partial charge in [0.1, 0.15) is 6.29 Å². The predicted octanol–water partition coefficient (Wildman–Crippen LogP) is 8.83. The van der Waals surface area contributed by atoms with E-state index in [1.807, 2.05) is 6.92 Å². The fraction of sp³-hybridized carbons (Fsp3) is 0.912. The van der Waals surface area contributed by atoms with Crippen molar-refractivity contribution in [1.82, 2.24) is 4.90 Å². The number of carbonyl (C=O) groups is 3. The van der Waals surface area contributed by atoms with Gasteiger partial charge in [-0.1, -0.05) is 90.9 Å². The zero-order chi connectivity index (χ0) is 29.5. The lowest BCUT2D eigenvalue weighted by atomic mass is 9.95. The molecule has 1 atom stereocenters. The van der Waals surface area contributed by atoms with Crippen molar-refractivity contribution in [2.75, 3.05) is 32.8 Å². The van der Waals surface area contributed by atoms with Gasteiger partial charge in [-0.2, -0.15) is 0 Å². The quantitative estimate of drug-likeness (QED) is 0.0473. The van der Waals surface area contributed by atoms with Crippen molar-refractivity contribution in [2.24, 2.45) is 5.92 Å². The fourth-order valence-corrected chi connectivity index (χ4v) is 5.20. The van der Waals surface area contributed by atoms with Crippen LogP contribution in [0.15, 0.2) is 0 Å². The summed E-state index contributed by atoms with van der Waals surface area (Å²) in [6.07, 6.45) is 24.7. The van der Waals surface area contributed by atoms with Gasteiger partial charge in [-0.3, -0.25) is 9.59 Å². The smallest absolute Gasteiger partial charge is 0.305 e. The van der Waals surface area contributed by atoms with Crippen LogP contribution < -0.4 is 0 Å². The summed E-state index contributed by atoms with van der Waals surface area (Å²) in [4.78, 5) is 37.1. The highest BCUT2D eigenvalue weighted by atomic mass is 16.5. The Morgan fingerprint density at radius 3 is 1.73 bits per heavy atom. The molecule has 0 bridgehead atoms. The molecule has 0 heterocycles. The van der Waals surface area contributed by atoms with E-state index in [1.54, 1.807) is 0 Å². The predicted molar refractivity (Wildman–Crippen MR) is 167 cm³/mol. The SMILES string of the molecule is CCCCCCCCC(CCCCCC)COC(=O)CCCCCN(CCCCCC=O)CCCC(=O)OCC. The van der Waals surface area contributed by atoms with Crippen LogP contribution in [-0.4, -0.2) is 56.0 Å². The van der Waals surface area contributed by atoms with E-state index >= 15 is 0 Å². The second kappa shape index (κ2) is 30.5. The summed E-state index contributed by atoms with van der Waals surface area (Å²) in [6, 6.07) is 0. The molecule has 0 rings (SSSR count). The number of hydrogen-bond acceptors (Lipinski definition) is 6. The molecule has 40 heavy (non-hydrogen) atoms. The van der Waals surface area contributed by atoms with Gasteiger partial charge < -0.3 is 19.2 Å². The number of esters is 2. The van der Waals surface area contributed by atoms with E-state index in [1.165, 1.54) is 77.0 Å². The molecule has 0 aliphatic carbocycles. The molecule has 0 aliphatic heterocycles. The summed E-state index contributed by atoms with van der Waals surface area (Å²) in [5.41, 5.74) is 0. The molecule has 0 saturated heterocycles. The fourth-order valence-electron chi connectivity index (χ4n) is 5.20. The third-order valence-electron chi connectivity index (χ3n) is 7.72. The Kier molecular flexibility index (Phi) is 29.4. The summed E-state index contributed by atoms with van der Waals surface area (Å²) >= 11 is 0. The molecule has 6 nitrogen and oxygen atoms in total. The number of ether oxygens (including phenoxy) is 2. The summed E-state index contributed by atoms with van der Waals surface area (Å²) in [5.74, 6) is 0.353. The molecule has 0 fully saturated rings. The van der Waals surface area contributed by atoms with Crippen LogP contribution in [0.5, 0.6) is 0 Å². The molecule has 0 radical (unpaired) electrons. The highest BCUT2D eigenvalue weighted by Crippen LogP contribution is 2.20. The Labute approximate surface area is 247 Å². The van der Waals surface area contributed by atoms with Crippen LogP contribution in [0.4, 0.5) is 0 Å². The Hall–Kier alpha value is -1.43. The number of aldehydes is 1. The first kappa shape index (κ1) is 38.6. The van der Waals surface area contributed by atoms with Crippen LogP contribution in [0.25, 0.3) is 0 Å². The monoisotopic (exact) mass is 567 g/mol. The molecule has 0 aliphatic rings. The minimum absolute atomic E-state index is 0.0389. The van der Waals surface area contributed by atoms with E-state index in [2.05, 4.69) is 18.7 Å². The Morgan fingerprint density at radius 2 is 1.10 bits per heavy atom. The number of rotatable bonds is 31. The highest BCUT2D eigenvalue weighted by molar-refractivity contribution is 5.69. The van der Waals surface area contributed by atoms with Gasteiger partial charge in [0.05, 0.1) is 13.2 Å². The lowest BCUT2D eigenvalue weighted by molar-refractivity contribution is -0.145. The maximum absolute atomic E-state index is 12.5. The first-order chi connectivity index (χ1) is 19.6. The van der Waals surface area contributed by atoms with E-state index < -0.39 is 0 Å². The molecule has 0 amide bonds. The van der Waals surface area contributed by atoms with Crippen LogP contribution in [0.2, 0.25) is 0 Å². The van der Waals surface area contributed by atoms with Crippen molar-refractivity contribution in [3.05, 3.63) is 0 Å². The van der Waals surface area contributed by atoms with E-state index in [-0.39, 0.29) is 11.9 Å². The first-order valence-electron chi connectivity index (χ1n) is 17.0. The van der Waals surface area contributed by atoms with Gasteiger partial charge in [0, 0.05) is 19.3 Å². The molecule has 0 N–H and O–H groups in total. The van der Waals surface area contributed by atoms with E-state index in [0.717, 1.165) is 70.9 Å². The lowest BCUT2D eigenvalue weighted by Gasteiger charge is -2.22. The summed E-state index contributed by atoms with van der Waals surface area (Å²) in [5, 5.41) is 0. The van der Waals surface area contributed by atoms with Gasteiger partial charge in [0.2, 0.25) is 0 Å². The van der Waals surface area contributed by atoms with E-state index in [9.17, 15) is 14.4 Å². The minimum atomic E-state index is -0.123. The Bertz CT molecular complexity index is 583. The summed E-state index contributed by atoms with van der Waals surface area (Å²) in [7, 11) is 0. The normalized spacial score (nSPS) is 12.0. The van der Waals surface area contributed by atoms with Crippen molar-refractivity contribution < 1.29 is 23.9 Å². The topological polar surface area (TPSA) is 72.9 Å². The molecule has 6 heteroatoms. The average molecular weight is 568 g/mol. The molecule has 0 saturated carbocycles. The maximum atomic E-state index is 12.5. The third-order valence-corrected chi connectivity index (χ3v) is 7.72. The van der Waals surface area contributed by atoms with Gasteiger partial charge in [0.25, 0.3) is 0 Å². The first-order valence-corrected chi connectivity index (χ1v) is 17.0. The maximum Gasteiger partial charge on any atom is 0.305 e. The number of nitrogens with zero attached hydrogens (tertiary/aromatic N) is 1. The Balaban J connectivity index is 4.28. The standard InChI is InChI=1S/C34H65NO5/c1-4-7-9-11-12-17-24-32(23-16-10-8-5-2)31-40-34(38)25-18-15-20-28-35(27-19-13-14-21-30-36)29-22-26-33(37)39-6-3/h30,32H,4-29,31H2,1-3H3. The second-order valence-electron chi connectivity index (χ2n) is 11.5. The van der Waals surface area contributed by atoms with Gasteiger partial charge in [-0.05, 0) is 77.4 Å². The number of carbonyl (C=O) groups excluding carboxylic acids is 3. The zero-order valence-corrected chi connectivity index (χ0v) is 26.7. The molecule has 236 valence electrons. The molecule has 0 aromatic rings. The largest absolute Gasteiger partial charge is 0.466 e. The van der Waals surface area contributed by atoms with Crippen LogP contribution in [0.3, 0.4) is 0 Å². The average Bonchev–Trinajstić information content (AvgIpc) is 2.94. The molecular formula is C34H65NO5. The lowest BCUT2D eigenvalue weighted by Crippen LogP contribution is -2.28. The minimum Gasteiger partial charge on any atom is -0.466 e. The molecule has 0 aromatic heterocycles. The van der Waals surface area contributed by atoms with Gasteiger partial charge in [0.15, 0.2) is 0 Å². The van der Waals surface area contributed by atoms with Gasteiger partial charge in [-0.25, -0.2) is 0 Å². The second-order valence-corrected chi connectivity index (χ2v) is 11.5. The summed E-state index contributed by atoms with van der Waals surface area (Å²) < 4.78 is 10.8. The van der Waals surface area contributed by atoms with Crippen molar-refractivity contribution in [3.8, 4) is 0 Å². The van der Waals surface area contributed by atoms with E-state index in [0.29, 0.717) is 38.4 Å². The van der Waals surface area contributed by atoms with Crippen LogP contribution >= 0.6 is 0 Å². The van der Waals surface area contributed by atoms with Gasteiger partial charge in [-0.15, -0.1) is 0 Å². The van der Waals surface area contributed by atoms with Crippen LogP contribution in [0.1, 0.15) is 162 Å². The van der Waals surface area contributed by atoms with Crippen molar-refractivity contribution >= 4 is 18.2 Å². The van der Waals surface area contributed by atoms with Crippen LogP contribution in [-0.2, 0) is 23.9 Å². The molecular weight excluding hydrogens is 502 g/mol. The third kappa shape index (κ3) is 26.8. The number of unbranched alkanes of at least 4 members (excludes halogenated alkanes) is 13.